The molecule has 0 aromatic heterocycles. The van der Waals surface area contributed by atoms with Gasteiger partial charge in [0.2, 0.25) is 0 Å². The van der Waals surface area contributed by atoms with Crippen molar-refractivity contribution in [2.24, 2.45) is 11.7 Å². The molecule has 0 bridgehead atoms. The highest BCUT2D eigenvalue weighted by atomic mass is 14.5. The minimum absolute atomic E-state index is 0.544. The van der Waals surface area contributed by atoms with Gasteiger partial charge in [0.25, 0.3) is 0 Å². The molecule has 1 unspecified atom stereocenters. The molecule has 0 radical (unpaired) electrons. The van der Waals surface area contributed by atoms with E-state index in [0.29, 0.717) is 5.92 Å². The number of hydrogen-bond acceptors (Lipinski definition) is 1. The van der Waals surface area contributed by atoms with Gasteiger partial charge in [0, 0.05) is 0 Å². The molecule has 2 N–H and O–H groups in total. The highest BCUT2D eigenvalue weighted by Crippen LogP contribution is 2.28. The van der Waals surface area contributed by atoms with E-state index in [1.54, 1.807) is 11.1 Å². The normalized spacial score (nSPS) is 16.9. The van der Waals surface area contributed by atoms with Gasteiger partial charge >= 0.3 is 0 Å². The van der Waals surface area contributed by atoms with Gasteiger partial charge in [-0.05, 0) is 67.2 Å². The fourth-order valence-corrected chi connectivity index (χ4v) is 2.94. The van der Waals surface area contributed by atoms with Crippen molar-refractivity contribution < 1.29 is 0 Å². The van der Waals surface area contributed by atoms with E-state index in [0.717, 1.165) is 12.5 Å². The summed E-state index contributed by atoms with van der Waals surface area (Å²) in [4.78, 5) is 0. The lowest BCUT2D eigenvalue weighted by atomic mass is 9.85. The van der Waals surface area contributed by atoms with E-state index < -0.39 is 0 Å². The Bertz CT molecular complexity index is 368. The Morgan fingerprint density at radius 2 is 1.82 bits per heavy atom. The zero-order valence-electron chi connectivity index (χ0n) is 11.2. The smallest absolute Gasteiger partial charge is 0.000814 e. The maximum atomic E-state index is 5.93. The summed E-state index contributed by atoms with van der Waals surface area (Å²) in [5.74, 6) is 1.27. The Morgan fingerprint density at radius 3 is 2.47 bits per heavy atom. The van der Waals surface area contributed by atoms with Gasteiger partial charge in [-0.3, -0.25) is 0 Å². The predicted molar refractivity (Wildman–Crippen MR) is 74.3 cm³/mol. The third-order valence-corrected chi connectivity index (χ3v) is 3.88. The molecule has 1 aromatic rings. The van der Waals surface area contributed by atoms with Crippen LogP contribution in [-0.4, -0.2) is 6.54 Å². The fourth-order valence-electron chi connectivity index (χ4n) is 2.94. The van der Waals surface area contributed by atoms with Crippen molar-refractivity contribution >= 4 is 0 Å². The van der Waals surface area contributed by atoms with Gasteiger partial charge in [-0.1, -0.05) is 32.0 Å². The molecule has 94 valence electrons. The summed E-state index contributed by atoms with van der Waals surface area (Å²) in [5.41, 5.74) is 10.5. The van der Waals surface area contributed by atoms with Crippen LogP contribution in [0.1, 0.15) is 55.7 Å². The predicted octanol–water partition coefficient (Wildman–Crippen LogP) is 3.65. The van der Waals surface area contributed by atoms with Gasteiger partial charge < -0.3 is 5.73 Å². The van der Waals surface area contributed by atoms with Crippen LogP contribution in [0.25, 0.3) is 0 Å². The molecule has 17 heavy (non-hydrogen) atoms. The number of benzene rings is 1. The zero-order valence-corrected chi connectivity index (χ0v) is 11.2. The molecular formula is C16H25N. The average Bonchev–Trinajstić information content (AvgIpc) is 2.35. The Kier molecular flexibility index (Phi) is 4.22. The van der Waals surface area contributed by atoms with Gasteiger partial charge in [0.15, 0.2) is 0 Å². The van der Waals surface area contributed by atoms with Crippen LogP contribution in [0, 0.1) is 5.92 Å². The summed E-state index contributed by atoms with van der Waals surface area (Å²) in [6.45, 7) is 5.33. The minimum Gasteiger partial charge on any atom is -0.330 e. The topological polar surface area (TPSA) is 26.0 Å². The van der Waals surface area contributed by atoms with E-state index in [9.17, 15) is 0 Å². The van der Waals surface area contributed by atoms with Crippen molar-refractivity contribution in [2.75, 3.05) is 6.54 Å². The lowest BCUT2D eigenvalue weighted by molar-refractivity contribution is 0.503. The molecule has 0 heterocycles. The Hall–Kier alpha value is -0.820. The highest BCUT2D eigenvalue weighted by Gasteiger charge is 2.15. The van der Waals surface area contributed by atoms with Gasteiger partial charge in [-0.25, -0.2) is 0 Å². The van der Waals surface area contributed by atoms with E-state index in [2.05, 4.69) is 32.0 Å². The monoisotopic (exact) mass is 231 g/mol. The Labute approximate surface area is 105 Å². The van der Waals surface area contributed by atoms with Crippen molar-refractivity contribution in [3.8, 4) is 0 Å². The number of rotatable bonds is 4. The number of aryl methyl sites for hydroxylation is 2. The maximum absolute atomic E-state index is 5.93. The SMILES string of the molecule is CC(C)CC(CN)c1ccc2c(c1)CCCC2. The summed E-state index contributed by atoms with van der Waals surface area (Å²) in [7, 11) is 0. The van der Waals surface area contributed by atoms with Gasteiger partial charge in [-0.2, -0.15) is 0 Å². The van der Waals surface area contributed by atoms with Crippen LogP contribution in [0.3, 0.4) is 0 Å². The summed E-state index contributed by atoms with van der Waals surface area (Å²) in [6.07, 6.45) is 6.46. The van der Waals surface area contributed by atoms with E-state index in [4.69, 9.17) is 5.73 Å². The van der Waals surface area contributed by atoms with Crippen LogP contribution < -0.4 is 5.73 Å². The van der Waals surface area contributed by atoms with E-state index in [1.165, 1.54) is 37.7 Å². The number of nitrogens with two attached hydrogens (primary N) is 1. The zero-order chi connectivity index (χ0) is 12.3. The van der Waals surface area contributed by atoms with Crippen molar-refractivity contribution in [3.05, 3.63) is 34.9 Å². The van der Waals surface area contributed by atoms with Crippen molar-refractivity contribution in [3.63, 3.8) is 0 Å². The first-order chi connectivity index (χ1) is 8.20. The molecule has 1 nitrogen and oxygen atoms in total. The molecule has 1 aromatic carbocycles. The fraction of sp³-hybridized carbons (Fsp3) is 0.625. The van der Waals surface area contributed by atoms with Crippen LogP contribution in [0.4, 0.5) is 0 Å². The van der Waals surface area contributed by atoms with Crippen LogP contribution >= 0.6 is 0 Å². The van der Waals surface area contributed by atoms with Crippen LogP contribution in [0.5, 0.6) is 0 Å². The highest BCUT2D eigenvalue weighted by molar-refractivity contribution is 5.35. The number of fused-ring (bicyclic) bond motifs is 1. The first-order valence-corrected chi connectivity index (χ1v) is 7.02. The minimum atomic E-state index is 0.544. The lowest BCUT2D eigenvalue weighted by Crippen LogP contribution is -2.15. The molecule has 1 aliphatic carbocycles. The van der Waals surface area contributed by atoms with E-state index >= 15 is 0 Å². The summed E-state index contributed by atoms with van der Waals surface area (Å²) in [6, 6.07) is 7.07. The van der Waals surface area contributed by atoms with E-state index in [1.807, 2.05) is 0 Å². The first-order valence-electron chi connectivity index (χ1n) is 7.02. The number of hydrogen-bond donors (Lipinski definition) is 1. The van der Waals surface area contributed by atoms with Crippen LogP contribution in [-0.2, 0) is 12.8 Å². The molecule has 2 rings (SSSR count). The van der Waals surface area contributed by atoms with Gasteiger partial charge in [-0.15, -0.1) is 0 Å². The van der Waals surface area contributed by atoms with Crippen LogP contribution in [0.2, 0.25) is 0 Å². The molecule has 1 atom stereocenters. The average molecular weight is 231 g/mol. The van der Waals surface area contributed by atoms with Gasteiger partial charge in [0.05, 0.1) is 0 Å². The van der Waals surface area contributed by atoms with Crippen molar-refractivity contribution in [1.29, 1.82) is 0 Å². The molecule has 0 aliphatic heterocycles. The quantitative estimate of drug-likeness (QED) is 0.841. The second-order valence-corrected chi connectivity index (χ2v) is 5.80. The third-order valence-electron chi connectivity index (χ3n) is 3.88. The first kappa shape index (κ1) is 12.6. The molecular weight excluding hydrogens is 206 g/mol. The summed E-state index contributed by atoms with van der Waals surface area (Å²) >= 11 is 0. The second-order valence-electron chi connectivity index (χ2n) is 5.80. The summed E-state index contributed by atoms with van der Waals surface area (Å²) < 4.78 is 0. The largest absolute Gasteiger partial charge is 0.330 e. The maximum Gasteiger partial charge on any atom is -0.000814 e. The molecule has 1 aliphatic rings. The molecule has 0 amide bonds. The molecule has 0 spiro atoms. The second kappa shape index (κ2) is 5.68. The van der Waals surface area contributed by atoms with Crippen LogP contribution in [0.15, 0.2) is 18.2 Å². The standard InChI is InChI=1S/C16H25N/c1-12(2)9-16(11-17)15-8-7-13-5-3-4-6-14(13)10-15/h7-8,10,12,16H,3-6,9,11,17H2,1-2H3. The Morgan fingerprint density at radius 1 is 1.12 bits per heavy atom. The van der Waals surface area contributed by atoms with E-state index in [-0.39, 0.29) is 0 Å². The van der Waals surface area contributed by atoms with Crippen molar-refractivity contribution in [2.45, 2.75) is 51.9 Å². The molecule has 0 fully saturated rings. The van der Waals surface area contributed by atoms with Crippen molar-refractivity contribution in [1.82, 2.24) is 0 Å². The summed E-state index contributed by atoms with van der Waals surface area (Å²) in [5, 5.41) is 0. The molecule has 1 heteroatoms. The molecule has 0 saturated heterocycles. The lowest BCUT2D eigenvalue weighted by Gasteiger charge is -2.21. The Balaban J connectivity index is 2.19. The van der Waals surface area contributed by atoms with Gasteiger partial charge in [0.1, 0.15) is 0 Å². The molecule has 0 saturated carbocycles. The third kappa shape index (κ3) is 3.10.